The van der Waals surface area contributed by atoms with Crippen LogP contribution >= 0.6 is 0 Å². The third-order valence-electron chi connectivity index (χ3n) is 6.96. The van der Waals surface area contributed by atoms with E-state index in [1.807, 2.05) is 18.2 Å². The number of hydrogen-bond acceptors (Lipinski definition) is 4. The van der Waals surface area contributed by atoms with Gasteiger partial charge in [-0.1, -0.05) is 30.3 Å². The Morgan fingerprint density at radius 1 is 1.09 bits per heavy atom. The highest BCUT2D eigenvalue weighted by atomic mass is 16.5. The van der Waals surface area contributed by atoms with Crippen molar-refractivity contribution in [3.05, 3.63) is 65.5 Å². The Labute approximate surface area is 192 Å². The molecule has 1 unspecified atom stereocenters. The molecular weight excluding hydrogens is 398 g/mol. The Kier molecular flexibility index (Phi) is 8.30. The van der Waals surface area contributed by atoms with Gasteiger partial charge in [0.15, 0.2) is 0 Å². The van der Waals surface area contributed by atoms with Gasteiger partial charge in [-0.15, -0.1) is 0 Å². The first-order valence-corrected chi connectivity index (χ1v) is 12.2. The predicted molar refractivity (Wildman–Crippen MR) is 127 cm³/mol. The van der Waals surface area contributed by atoms with Crippen molar-refractivity contribution in [3.8, 4) is 0 Å². The molecule has 0 spiro atoms. The van der Waals surface area contributed by atoms with Gasteiger partial charge in [0.2, 0.25) is 5.91 Å². The molecule has 2 aliphatic rings. The third-order valence-corrected chi connectivity index (χ3v) is 6.96. The molecule has 172 valence electrons. The molecule has 5 nitrogen and oxygen atoms in total. The predicted octanol–water partition coefficient (Wildman–Crippen LogP) is 4.24. The van der Waals surface area contributed by atoms with E-state index in [1.165, 1.54) is 11.1 Å². The maximum absolute atomic E-state index is 13.2. The van der Waals surface area contributed by atoms with Gasteiger partial charge in [-0.05, 0) is 81.3 Å². The zero-order chi connectivity index (χ0) is 22.2. The van der Waals surface area contributed by atoms with E-state index in [0.29, 0.717) is 18.8 Å². The van der Waals surface area contributed by atoms with Crippen molar-refractivity contribution in [1.29, 1.82) is 0 Å². The molecular formula is C27H37N3O2. The quantitative estimate of drug-likeness (QED) is 0.591. The summed E-state index contributed by atoms with van der Waals surface area (Å²) in [7, 11) is 0. The van der Waals surface area contributed by atoms with Gasteiger partial charge in [0.1, 0.15) is 0 Å². The third kappa shape index (κ3) is 6.63. The summed E-state index contributed by atoms with van der Waals surface area (Å²) in [6.07, 6.45) is 7.72. The molecule has 0 bridgehead atoms. The van der Waals surface area contributed by atoms with Crippen LogP contribution in [0.3, 0.4) is 0 Å². The number of aryl methyl sites for hydroxylation is 2. The van der Waals surface area contributed by atoms with Gasteiger partial charge in [-0.3, -0.25) is 14.7 Å². The first kappa shape index (κ1) is 22.9. The Balaban J connectivity index is 1.29. The number of likely N-dealkylation sites (tertiary alicyclic amines) is 1. The molecule has 2 aliphatic heterocycles. The Morgan fingerprint density at radius 3 is 2.62 bits per heavy atom. The molecule has 0 radical (unpaired) electrons. The molecule has 0 aliphatic carbocycles. The number of amides is 1. The molecule has 1 aromatic carbocycles. The number of ether oxygens (including phenoxy) is 1. The first-order chi connectivity index (χ1) is 15.7. The SMILES string of the molecule is Cc1ccccc1CN1CCC(CN(CC2CCCO2)C(=O)CCc2ccccn2)CC1. The van der Waals surface area contributed by atoms with Gasteiger partial charge in [0.25, 0.3) is 0 Å². The summed E-state index contributed by atoms with van der Waals surface area (Å²) in [5.41, 5.74) is 3.79. The number of benzene rings is 1. The molecule has 3 heterocycles. The average molecular weight is 436 g/mol. The molecule has 4 rings (SSSR count). The minimum Gasteiger partial charge on any atom is -0.376 e. The van der Waals surface area contributed by atoms with Crippen molar-refractivity contribution in [1.82, 2.24) is 14.8 Å². The molecule has 1 amide bonds. The van der Waals surface area contributed by atoms with Crippen molar-refractivity contribution in [2.24, 2.45) is 5.92 Å². The van der Waals surface area contributed by atoms with Crippen LogP contribution in [0.2, 0.25) is 0 Å². The van der Waals surface area contributed by atoms with Gasteiger partial charge in [0.05, 0.1) is 6.10 Å². The molecule has 32 heavy (non-hydrogen) atoms. The van der Waals surface area contributed by atoms with Crippen molar-refractivity contribution in [2.45, 2.75) is 58.1 Å². The van der Waals surface area contributed by atoms with Gasteiger partial charge in [0, 0.05) is 44.6 Å². The second kappa shape index (κ2) is 11.6. The highest BCUT2D eigenvalue weighted by molar-refractivity contribution is 5.76. The summed E-state index contributed by atoms with van der Waals surface area (Å²) < 4.78 is 5.87. The molecule has 5 heteroatoms. The van der Waals surface area contributed by atoms with Gasteiger partial charge >= 0.3 is 0 Å². The highest BCUT2D eigenvalue weighted by Crippen LogP contribution is 2.23. The van der Waals surface area contributed by atoms with Crippen molar-refractivity contribution in [3.63, 3.8) is 0 Å². The fourth-order valence-electron chi connectivity index (χ4n) is 4.92. The van der Waals surface area contributed by atoms with Crippen molar-refractivity contribution < 1.29 is 9.53 Å². The fourth-order valence-corrected chi connectivity index (χ4v) is 4.92. The molecule has 2 aromatic rings. The Bertz CT molecular complexity index is 843. The van der Waals surface area contributed by atoms with Crippen LogP contribution in [0.15, 0.2) is 48.7 Å². The Hall–Kier alpha value is -2.24. The number of aromatic nitrogens is 1. The van der Waals surface area contributed by atoms with E-state index >= 15 is 0 Å². The summed E-state index contributed by atoms with van der Waals surface area (Å²) in [5, 5.41) is 0. The second-order valence-corrected chi connectivity index (χ2v) is 9.40. The van der Waals surface area contributed by atoms with Crippen molar-refractivity contribution >= 4 is 5.91 Å². The molecule has 1 aromatic heterocycles. The fraction of sp³-hybridized carbons (Fsp3) is 0.556. The normalized spacial score (nSPS) is 19.8. The van der Waals surface area contributed by atoms with E-state index in [4.69, 9.17) is 4.74 Å². The largest absolute Gasteiger partial charge is 0.376 e. The van der Waals surface area contributed by atoms with E-state index in [0.717, 1.165) is 70.7 Å². The molecule has 0 N–H and O–H groups in total. The first-order valence-electron chi connectivity index (χ1n) is 12.2. The number of carbonyl (C=O) groups excluding carboxylic acids is 1. The number of hydrogen-bond donors (Lipinski definition) is 0. The lowest BCUT2D eigenvalue weighted by molar-refractivity contribution is -0.133. The number of piperidine rings is 1. The zero-order valence-corrected chi connectivity index (χ0v) is 19.4. The van der Waals surface area contributed by atoms with Gasteiger partial charge < -0.3 is 9.64 Å². The summed E-state index contributed by atoms with van der Waals surface area (Å²) in [6, 6.07) is 14.6. The lowest BCUT2D eigenvalue weighted by Gasteiger charge is -2.36. The van der Waals surface area contributed by atoms with Crippen LogP contribution in [-0.4, -0.2) is 59.6 Å². The van der Waals surface area contributed by atoms with E-state index in [1.54, 1.807) is 6.20 Å². The van der Waals surface area contributed by atoms with Crippen LogP contribution in [0.5, 0.6) is 0 Å². The topological polar surface area (TPSA) is 45.7 Å². The summed E-state index contributed by atoms with van der Waals surface area (Å²) in [6.45, 7) is 7.87. The van der Waals surface area contributed by atoms with E-state index < -0.39 is 0 Å². The second-order valence-electron chi connectivity index (χ2n) is 9.40. The smallest absolute Gasteiger partial charge is 0.223 e. The van der Waals surface area contributed by atoms with Crippen LogP contribution < -0.4 is 0 Å². The zero-order valence-electron chi connectivity index (χ0n) is 19.4. The van der Waals surface area contributed by atoms with Gasteiger partial charge in [-0.25, -0.2) is 0 Å². The lowest BCUT2D eigenvalue weighted by Crippen LogP contribution is -2.43. The minimum absolute atomic E-state index is 0.204. The number of rotatable bonds is 9. The number of nitrogens with zero attached hydrogens (tertiary/aromatic N) is 3. The number of carbonyl (C=O) groups is 1. The van der Waals surface area contributed by atoms with Crippen LogP contribution in [0.4, 0.5) is 0 Å². The van der Waals surface area contributed by atoms with E-state index in [-0.39, 0.29) is 12.0 Å². The molecule has 1 atom stereocenters. The lowest BCUT2D eigenvalue weighted by atomic mass is 9.95. The van der Waals surface area contributed by atoms with Crippen LogP contribution in [0.25, 0.3) is 0 Å². The highest BCUT2D eigenvalue weighted by Gasteiger charge is 2.27. The summed E-state index contributed by atoms with van der Waals surface area (Å²) in [5.74, 6) is 0.816. The van der Waals surface area contributed by atoms with Crippen LogP contribution in [-0.2, 0) is 22.5 Å². The van der Waals surface area contributed by atoms with Gasteiger partial charge in [-0.2, -0.15) is 0 Å². The standard InChI is InChI=1S/C27H37N3O2/c1-22-7-2-3-8-24(22)20-29-16-13-23(14-17-29)19-30(21-26-10-6-18-32-26)27(31)12-11-25-9-4-5-15-28-25/h2-5,7-9,15,23,26H,6,10-14,16-21H2,1H3. The molecule has 2 saturated heterocycles. The van der Waals surface area contributed by atoms with Crippen molar-refractivity contribution in [2.75, 3.05) is 32.8 Å². The minimum atomic E-state index is 0.204. The molecule has 0 saturated carbocycles. The van der Waals surface area contributed by atoms with E-state index in [9.17, 15) is 4.79 Å². The maximum atomic E-state index is 13.2. The average Bonchev–Trinajstić information content (AvgIpc) is 3.34. The Morgan fingerprint density at radius 2 is 1.91 bits per heavy atom. The van der Waals surface area contributed by atoms with E-state index in [2.05, 4.69) is 46.0 Å². The van der Waals surface area contributed by atoms with Crippen LogP contribution in [0, 0.1) is 12.8 Å². The maximum Gasteiger partial charge on any atom is 0.223 e. The summed E-state index contributed by atoms with van der Waals surface area (Å²) in [4.78, 5) is 22.2. The number of pyridine rings is 1. The monoisotopic (exact) mass is 435 g/mol. The summed E-state index contributed by atoms with van der Waals surface area (Å²) >= 11 is 0. The van der Waals surface area contributed by atoms with Crippen LogP contribution in [0.1, 0.15) is 48.9 Å². The molecule has 2 fully saturated rings.